The van der Waals surface area contributed by atoms with Gasteiger partial charge in [-0.1, -0.05) is 30.3 Å². The van der Waals surface area contributed by atoms with E-state index in [0.29, 0.717) is 6.04 Å². The highest BCUT2D eigenvalue weighted by Gasteiger charge is 2.25. The third-order valence-electron chi connectivity index (χ3n) is 5.03. The number of hydrogen-bond acceptors (Lipinski definition) is 3. The Morgan fingerprint density at radius 1 is 1.22 bits per heavy atom. The summed E-state index contributed by atoms with van der Waals surface area (Å²) in [6.45, 7) is 7.08. The molecule has 146 valence electrons. The molecule has 1 aliphatic heterocycles. The molecule has 1 amide bonds. The highest BCUT2D eigenvalue weighted by molar-refractivity contribution is 5.93. The number of halogens is 1. The summed E-state index contributed by atoms with van der Waals surface area (Å²) in [5, 5.41) is 6.48. The minimum absolute atomic E-state index is 0. The van der Waals surface area contributed by atoms with Crippen LogP contribution in [0.15, 0.2) is 48.5 Å². The number of hydrogen-bond donors (Lipinski definition) is 2. The Kier molecular flexibility index (Phi) is 7.69. The van der Waals surface area contributed by atoms with Crippen LogP contribution >= 0.6 is 12.4 Å². The van der Waals surface area contributed by atoms with Crippen molar-refractivity contribution in [1.82, 2.24) is 5.32 Å². The van der Waals surface area contributed by atoms with Gasteiger partial charge < -0.3 is 15.4 Å². The van der Waals surface area contributed by atoms with Crippen LogP contribution in [0.3, 0.4) is 0 Å². The Balaban J connectivity index is 0.00000261. The SMILES string of the molecule is Cc1cc(OC(C)c2ccccc2)ccc1NC(=O)[C@H]1CCN[C@@H](C)C1.Cl. The second kappa shape index (κ2) is 9.77. The second-order valence-corrected chi connectivity index (χ2v) is 7.21. The quantitative estimate of drug-likeness (QED) is 0.767. The van der Waals surface area contributed by atoms with Crippen LogP contribution in [0, 0.1) is 12.8 Å². The van der Waals surface area contributed by atoms with Gasteiger partial charge in [0.1, 0.15) is 11.9 Å². The molecule has 2 N–H and O–H groups in total. The number of ether oxygens (including phenoxy) is 1. The first-order chi connectivity index (χ1) is 12.5. The van der Waals surface area contributed by atoms with E-state index in [1.165, 1.54) is 0 Å². The summed E-state index contributed by atoms with van der Waals surface area (Å²) in [6, 6.07) is 16.4. The molecule has 1 aliphatic rings. The normalized spacial score (nSPS) is 20.3. The Labute approximate surface area is 168 Å². The number of amides is 1. The molecule has 1 fully saturated rings. The highest BCUT2D eigenvalue weighted by Crippen LogP contribution is 2.27. The number of aryl methyl sites for hydroxylation is 1. The molecule has 3 atom stereocenters. The third-order valence-corrected chi connectivity index (χ3v) is 5.03. The number of anilines is 1. The summed E-state index contributed by atoms with van der Waals surface area (Å²) < 4.78 is 6.05. The van der Waals surface area contributed by atoms with Crippen molar-refractivity contribution in [2.75, 3.05) is 11.9 Å². The summed E-state index contributed by atoms with van der Waals surface area (Å²) in [6.07, 6.45) is 1.76. The maximum Gasteiger partial charge on any atom is 0.227 e. The Morgan fingerprint density at radius 2 is 1.96 bits per heavy atom. The molecule has 3 rings (SSSR count). The van der Waals surface area contributed by atoms with Gasteiger partial charge in [0.25, 0.3) is 0 Å². The van der Waals surface area contributed by atoms with E-state index in [-0.39, 0.29) is 30.3 Å². The molecule has 1 saturated heterocycles. The maximum absolute atomic E-state index is 12.5. The zero-order valence-corrected chi connectivity index (χ0v) is 17.0. The van der Waals surface area contributed by atoms with Crippen LogP contribution in [0.4, 0.5) is 5.69 Å². The van der Waals surface area contributed by atoms with Crippen LogP contribution in [0.1, 0.15) is 43.9 Å². The number of nitrogens with one attached hydrogen (secondary N) is 2. The van der Waals surface area contributed by atoms with Crippen LogP contribution < -0.4 is 15.4 Å². The molecule has 5 heteroatoms. The summed E-state index contributed by atoms with van der Waals surface area (Å²) in [7, 11) is 0. The molecule has 1 heterocycles. The molecule has 0 radical (unpaired) electrons. The van der Waals surface area contributed by atoms with E-state index in [0.717, 1.165) is 42.0 Å². The van der Waals surface area contributed by atoms with E-state index in [9.17, 15) is 4.79 Å². The smallest absolute Gasteiger partial charge is 0.227 e. The first-order valence-corrected chi connectivity index (χ1v) is 9.39. The fourth-order valence-electron chi connectivity index (χ4n) is 3.45. The van der Waals surface area contributed by atoms with E-state index < -0.39 is 0 Å². The topological polar surface area (TPSA) is 50.4 Å². The van der Waals surface area contributed by atoms with Gasteiger partial charge in [-0.15, -0.1) is 12.4 Å². The van der Waals surface area contributed by atoms with Crippen molar-refractivity contribution in [3.8, 4) is 5.75 Å². The number of carbonyl (C=O) groups is 1. The molecule has 2 aromatic carbocycles. The summed E-state index contributed by atoms with van der Waals surface area (Å²) in [5.74, 6) is 1.01. The van der Waals surface area contributed by atoms with Crippen molar-refractivity contribution in [1.29, 1.82) is 0 Å². The van der Waals surface area contributed by atoms with Crippen molar-refractivity contribution in [3.05, 3.63) is 59.7 Å². The largest absolute Gasteiger partial charge is 0.486 e. The standard InChI is InChI=1S/C22H28N2O2.ClH/c1-15-13-20(26-17(3)18-7-5-4-6-8-18)9-10-21(15)24-22(25)19-11-12-23-16(2)14-19;/h4-10,13,16-17,19,23H,11-12,14H2,1-3H3,(H,24,25);1H/t16-,17?,19-;/m0./s1. The van der Waals surface area contributed by atoms with Crippen molar-refractivity contribution in [2.45, 2.75) is 45.8 Å². The predicted molar refractivity (Wildman–Crippen MR) is 113 cm³/mol. The van der Waals surface area contributed by atoms with E-state index in [4.69, 9.17) is 4.74 Å². The van der Waals surface area contributed by atoms with Gasteiger partial charge in [-0.25, -0.2) is 0 Å². The van der Waals surface area contributed by atoms with Gasteiger partial charge in [-0.3, -0.25) is 4.79 Å². The lowest BCUT2D eigenvalue weighted by atomic mass is 9.92. The van der Waals surface area contributed by atoms with Crippen molar-refractivity contribution in [3.63, 3.8) is 0 Å². The lowest BCUT2D eigenvalue weighted by molar-refractivity contribution is -0.120. The zero-order valence-electron chi connectivity index (χ0n) is 16.2. The minimum Gasteiger partial charge on any atom is -0.486 e. The number of carbonyl (C=O) groups excluding carboxylic acids is 1. The van der Waals surface area contributed by atoms with Gasteiger partial charge in [0.2, 0.25) is 5.91 Å². The summed E-state index contributed by atoms with van der Waals surface area (Å²) >= 11 is 0. The first-order valence-electron chi connectivity index (χ1n) is 9.39. The molecular weight excluding hydrogens is 360 g/mol. The van der Waals surface area contributed by atoms with E-state index >= 15 is 0 Å². The van der Waals surface area contributed by atoms with E-state index in [1.54, 1.807) is 0 Å². The number of rotatable bonds is 5. The number of piperidine rings is 1. The number of benzene rings is 2. The molecule has 1 unspecified atom stereocenters. The fourth-order valence-corrected chi connectivity index (χ4v) is 3.45. The summed E-state index contributed by atoms with van der Waals surface area (Å²) in [4.78, 5) is 12.5. The molecule has 0 spiro atoms. The molecule has 0 aromatic heterocycles. The van der Waals surface area contributed by atoms with E-state index in [1.807, 2.05) is 50.2 Å². The molecule has 0 bridgehead atoms. The fraction of sp³-hybridized carbons (Fsp3) is 0.409. The van der Waals surface area contributed by atoms with Crippen LogP contribution in [-0.2, 0) is 4.79 Å². The van der Waals surface area contributed by atoms with Gasteiger partial charge in [-0.05, 0) is 69.5 Å². The molecular formula is C22H29ClN2O2. The van der Waals surface area contributed by atoms with Crippen LogP contribution in [0.2, 0.25) is 0 Å². The van der Waals surface area contributed by atoms with Crippen LogP contribution in [-0.4, -0.2) is 18.5 Å². The minimum atomic E-state index is -0.0210. The van der Waals surface area contributed by atoms with Crippen molar-refractivity contribution >= 4 is 24.0 Å². The lowest BCUT2D eigenvalue weighted by Gasteiger charge is -2.27. The van der Waals surface area contributed by atoms with Gasteiger partial charge in [-0.2, -0.15) is 0 Å². The van der Waals surface area contributed by atoms with E-state index in [2.05, 4.69) is 29.7 Å². The van der Waals surface area contributed by atoms with Gasteiger partial charge >= 0.3 is 0 Å². The molecule has 4 nitrogen and oxygen atoms in total. The van der Waals surface area contributed by atoms with Gasteiger partial charge in [0.15, 0.2) is 0 Å². The average molecular weight is 389 g/mol. The van der Waals surface area contributed by atoms with Gasteiger partial charge in [0, 0.05) is 17.6 Å². The maximum atomic E-state index is 12.5. The Hall–Kier alpha value is -2.04. The lowest BCUT2D eigenvalue weighted by Crippen LogP contribution is -2.40. The van der Waals surface area contributed by atoms with Crippen LogP contribution in [0.25, 0.3) is 0 Å². The zero-order chi connectivity index (χ0) is 18.5. The Morgan fingerprint density at radius 3 is 2.63 bits per heavy atom. The average Bonchev–Trinajstić information content (AvgIpc) is 2.64. The van der Waals surface area contributed by atoms with Gasteiger partial charge in [0.05, 0.1) is 0 Å². The first kappa shape index (κ1) is 21.3. The Bertz CT molecular complexity index is 751. The molecule has 0 aliphatic carbocycles. The third kappa shape index (κ3) is 5.72. The molecule has 0 saturated carbocycles. The van der Waals surface area contributed by atoms with Crippen molar-refractivity contribution in [2.24, 2.45) is 5.92 Å². The monoisotopic (exact) mass is 388 g/mol. The predicted octanol–water partition coefficient (Wildman–Crippen LogP) is 4.88. The molecule has 27 heavy (non-hydrogen) atoms. The van der Waals surface area contributed by atoms with Crippen LogP contribution in [0.5, 0.6) is 5.75 Å². The highest BCUT2D eigenvalue weighted by atomic mass is 35.5. The van der Waals surface area contributed by atoms with Crippen molar-refractivity contribution < 1.29 is 9.53 Å². The second-order valence-electron chi connectivity index (χ2n) is 7.21. The summed E-state index contributed by atoms with van der Waals surface area (Å²) in [5.41, 5.74) is 3.02. The molecule has 2 aromatic rings.